The normalized spacial score (nSPS) is 35.1. The third-order valence-corrected chi connectivity index (χ3v) is 3.74. The number of pyridine rings is 1. The molecule has 1 aliphatic carbocycles. The molecular formula is C12H17N3. The van der Waals surface area contributed by atoms with E-state index in [1.807, 2.05) is 12.3 Å². The lowest BCUT2D eigenvalue weighted by Gasteiger charge is -2.30. The van der Waals surface area contributed by atoms with E-state index in [2.05, 4.69) is 28.0 Å². The standard InChI is InChI=1S/C12H17N3/c1-2-6-13-11(3-1)9-4-5-12-10(7-9)8-14-15-12/h1-3,6,9-10,12,14-15H,4-5,7-8H2. The zero-order valence-electron chi connectivity index (χ0n) is 8.82. The Morgan fingerprint density at radius 1 is 1.27 bits per heavy atom. The Labute approximate surface area is 90.3 Å². The van der Waals surface area contributed by atoms with E-state index in [0.29, 0.717) is 12.0 Å². The van der Waals surface area contributed by atoms with Crippen LogP contribution in [-0.2, 0) is 0 Å². The Balaban J connectivity index is 1.74. The molecule has 1 saturated carbocycles. The third-order valence-electron chi connectivity index (χ3n) is 3.74. The van der Waals surface area contributed by atoms with Crippen molar-refractivity contribution in [3.8, 4) is 0 Å². The number of hydrogen-bond donors (Lipinski definition) is 2. The fourth-order valence-electron chi connectivity index (χ4n) is 2.89. The second-order valence-corrected chi connectivity index (χ2v) is 4.66. The van der Waals surface area contributed by atoms with Crippen LogP contribution in [0.5, 0.6) is 0 Å². The lowest BCUT2D eigenvalue weighted by Crippen LogP contribution is -2.34. The average molecular weight is 203 g/mol. The predicted octanol–water partition coefficient (Wildman–Crippen LogP) is 1.44. The number of fused-ring (bicyclic) bond motifs is 1. The Hall–Kier alpha value is -0.930. The highest BCUT2D eigenvalue weighted by Gasteiger charge is 2.34. The van der Waals surface area contributed by atoms with Gasteiger partial charge >= 0.3 is 0 Å². The molecule has 0 aromatic carbocycles. The Morgan fingerprint density at radius 2 is 2.27 bits per heavy atom. The molecule has 1 aliphatic heterocycles. The Morgan fingerprint density at radius 3 is 3.13 bits per heavy atom. The maximum absolute atomic E-state index is 4.48. The summed E-state index contributed by atoms with van der Waals surface area (Å²) >= 11 is 0. The van der Waals surface area contributed by atoms with Crippen molar-refractivity contribution in [2.45, 2.75) is 31.2 Å². The molecule has 2 aliphatic rings. The summed E-state index contributed by atoms with van der Waals surface area (Å²) in [5, 5.41) is 0. The first-order valence-corrected chi connectivity index (χ1v) is 5.83. The van der Waals surface area contributed by atoms with Crippen LogP contribution < -0.4 is 10.9 Å². The molecule has 15 heavy (non-hydrogen) atoms. The highest BCUT2D eigenvalue weighted by molar-refractivity contribution is 5.11. The van der Waals surface area contributed by atoms with E-state index < -0.39 is 0 Å². The second-order valence-electron chi connectivity index (χ2n) is 4.66. The van der Waals surface area contributed by atoms with Gasteiger partial charge in [-0.3, -0.25) is 15.8 Å². The van der Waals surface area contributed by atoms with Crippen LogP contribution in [-0.4, -0.2) is 17.6 Å². The fourth-order valence-corrected chi connectivity index (χ4v) is 2.89. The van der Waals surface area contributed by atoms with Crippen LogP contribution in [0.2, 0.25) is 0 Å². The molecule has 3 rings (SSSR count). The quantitative estimate of drug-likeness (QED) is 0.725. The zero-order valence-corrected chi connectivity index (χ0v) is 8.82. The van der Waals surface area contributed by atoms with E-state index in [9.17, 15) is 0 Å². The fraction of sp³-hybridized carbons (Fsp3) is 0.583. The Bertz CT molecular complexity index is 325. The van der Waals surface area contributed by atoms with Crippen LogP contribution in [0, 0.1) is 5.92 Å². The molecular weight excluding hydrogens is 186 g/mol. The maximum Gasteiger partial charge on any atom is 0.0434 e. The zero-order chi connectivity index (χ0) is 10.1. The first kappa shape index (κ1) is 9.31. The summed E-state index contributed by atoms with van der Waals surface area (Å²) in [6.07, 6.45) is 5.74. The maximum atomic E-state index is 4.48. The molecule has 0 amide bonds. The van der Waals surface area contributed by atoms with Crippen LogP contribution >= 0.6 is 0 Å². The van der Waals surface area contributed by atoms with Crippen molar-refractivity contribution in [2.75, 3.05) is 6.54 Å². The van der Waals surface area contributed by atoms with Gasteiger partial charge in [-0.25, -0.2) is 0 Å². The van der Waals surface area contributed by atoms with Gasteiger partial charge in [-0.15, -0.1) is 0 Å². The molecule has 0 spiro atoms. The smallest absolute Gasteiger partial charge is 0.0434 e. The third kappa shape index (κ3) is 1.77. The van der Waals surface area contributed by atoms with Crippen molar-refractivity contribution in [1.29, 1.82) is 0 Å². The van der Waals surface area contributed by atoms with Crippen LogP contribution in [0.15, 0.2) is 24.4 Å². The minimum absolute atomic E-state index is 0.675. The summed E-state index contributed by atoms with van der Waals surface area (Å²) in [6, 6.07) is 6.96. The van der Waals surface area contributed by atoms with Gasteiger partial charge in [0.2, 0.25) is 0 Å². The lowest BCUT2D eigenvalue weighted by molar-refractivity contribution is 0.299. The second kappa shape index (κ2) is 3.91. The Kier molecular flexibility index (Phi) is 2.43. The summed E-state index contributed by atoms with van der Waals surface area (Å²) in [6.45, 7) is 1.12. The number of rotatable bonds is 1. The van der Waals surface area contributed by atoms with E-state index >= 15 is 0 Å². The summed E-state index contributed by atoms with van der Waals surface area (Å²) in [7, 11) is 0. The summed E-state index contributed by atoms with van der Waals surface area (Å²) in [4.78, 5) is 4.48. The van der Waals surface area contributed by atoms with Crippen molar-refractivity contribution in [2.24, 2.45) is 5.92 Å². The molecule has 3 unspecified atom stereocenters. The van der Waals surface area contributed by atoms with Gasteiger partial charge < -0.3 is 0 Å². The number of hydrogen-bond acceptors (Lipinski definition) is 3. The lowest BCUT2D eigenvalue weighted by atomic mass is 9.77. The molecule has 1 aromatic rings. The predicted molar refractivity (Wildman–Crippen MR) is 59.2 cm³/mol. The SMILES string of the molecule is c1ccc(C2CCC3NNCC3C2)nc1. The minimum atomic E-state index is 0.675. The molecule has 2 fully saturated rings. The average Bonchev–Trinajstić information content (AvgIpc) is 2.77. The molecule has 2 N–H and O–H groups in total. The number of nitrogens with one attached hydrogen (secondary N) is 2. The van der Waals surface area contributed by atoms with E-state index in [1.165, 1.54) is 25.0 Å². The molecule has 80 valence electrons. The highest BCUT2D eigenvalue weighted by Crippen LogP contribution is 2.36. The molecule has 0 bridgehead atoms. The molecule has 0 radical (unpaired) electrons. The summed E-state index contributed by atoms with van der Waals surface area (Å²) in [5.74, 6) is 1.47. The van der Waals surface area contributed by atoms with E-state index in [-0.39, 0.29) is 0 Å². The van der Waals surface area contributed by atoms with Crippen LogP contribution in [0.3, 0.4) is 0 Å². The van der Waals surface area contributed by atoms with Crippen LogP contribution in [0.25, 0.3) is 0 Å². The highest BCUT2D eigenvalue weighted by atomic mass is 15.4. The van der Waals surface area contributed by atoms with Gasteiger partial charge in [-0.2, -0.15) is 0 Å². The van der Waals surface area contributed by atoms with Crippen molar-refractivity contribution in [1.82, 2.24) is 15.8 Å². The van der Waals surface area contributed by atoms with Gasteiger partial charge in [0.25, 0.3) is 0 Å². The van der Waals surface area contributed by atoms with Crippen molar-refractivity contribution in [3.63, 3.8) is 0 Å². The molecule has 3 atom stereocenters. The molecule has 1 aromatic heterocycles. The van der Waals surface area contributed by atoms with Crippen molar-refractivity contribution < 1.29 is 0 Å². The number of hydrazine groups is 1. The first-order chi connectivity index (χ1) is 7.43. The molecule has 3 nitrogen and oxygen atoms in total. The largest absolute Gasteiger partial charge is 0.261 e. The van der Waals surface area contributed by atoms with E-state index in [1.54, 1.807) is 0 Å². The molecule has 1 saturated heterocycles. The molecule has 3 heteroatoms. The van der Waals surface area contributed by atoms with Gasteiger partial charge in [0.15, 0.2) is 0 Å². The summed E-state index contributed by atoms with van der Waals surface area (Å²) in [5.41, 5.74) is 7.91. The van der Waals surface area contributed by atoms with Crippen molar-refractivity contribution in [3.05, 3.63) is 30.1 Å². The monoisotopic (exact) mass is 203 g/mol. The topological polar surface area (TPSA) is 37.0 Å². The van der Waals surface area contributed by atoms with Crippen molar-refractivity contribution >= 4 is 0 Å². The molecule has 2 heterocycles. The van der Waals surface area contributed by atoms with Gasteiger partial charge in [0.05, 0.1) is 0 Å². The van der Waals surface area contributed by atoms with Gasteiger partial charge in [0.1, 0.15) is 0 Å². The number of nitrogens with zero attached hydrogens (tertiary/aromatic N) is 1. The van der Waals surface area contributed by atoms with Gasteiger partial charge in [0, 0.05) is 30.4 Å². The number of aromatic nitrogens is 1. The van der Waals surface area contributed by atoms with Gasteiger partial charge in [-0.1, -0.05) is 6.07 Å². The van der Waals surface area contributed by atoms with Crippen LogP contribution in [0.4, 0.5) is 0 Å². The van der Waals surface area contributed by atoms with Crippen LogP contribution in [0.1, 0.15) is 30.9 Å². The van der Waals surface area contributed by atoms with E-state index in [4.69, 9.17) is 0 Å². The summed E-state index contributed by atoms with van der Waals surface area (Å²) < 4.78 is 0. The van der Waals surface area contributed by atoms with Gasteiger partial charge in [-0.05, 0) is 37.3 Å². The van der Waals surface area contributed by atoms with E-state index in [0.717, 1.165) is 12.5 Å². The minimum Gasteiger partial charge on any atom is -0.261 e. The first-order valence-electron chi connectivity index (χ1n) is 5.83.